The van der Waals surface area contributed by atoms with Gasteiger partial charge in [-0.2, -0.15) is 0 Å². The Hall–Kier alpha value is -3.60. The van der Waals surface area contributed by atoms with E-state index < -0.39 is 0 Å². The Kier molecular flexibility index (Phi) is 6.41. The number of amides is 2. The van der Waals surface area contributed by atoms with Crippen LogP contribution in [-0.2, 0) is 22.4 Å². The fourth-order valence-electron chi connectivity index (χ4n) is 2.80. The van der Waals surface area contributed by atoms with Crippen LogP contribution in [0.2, 0.25) is 0 Å². The van der Waals surface area contributed by atoms with Crippen molar-refractivity contribution in [2.45, 2.75) is 12.8 Å². The van der Waals surface area contributed by atoms with Gasteiger partial charge in [0.15, 0.2) is 0 Å². The van der Waals surface area contributed by atoms with Crippen LogP contribution in [0.15, 0.2) is 78.9 Å². The highest BCUT2D eigenvalue weighted by molar-refractivity contribution is 5.95. The lowest BCUT2D eigenvalue weighted by Gasteiger charge is -2.09. The topological polar surface area (TPSA) is 67.4 Å². The van der Waals surface area contributed by atoms with Crippen LogP contribution in [0.25, 0.3) is 0 Å². The molecular weight excluding hydrogens is 352 g/mol. The van der Waals surface area contributed by atoms with E-state index in [4.69, 9.17) is 4.74 Å². The van der Waals surface area contributed by atoms with E-state index in [-0.39, 0.29) is 18.2 Å². The lowest BCUT2D eigenvalue weighted by molar-refractivity contribution is -0.116. The van der Waals surface area contributed by atoms with Gasteiger partial charge in [-0.1, -0.05) is 48.5 Å². The Morgan fingerprint density at radius 2 is 1.25 bits per heavy atom. The first-order valence-corrected chi connectivity index (χ1v) is 8.99. The zero-order valence-corrected chi connectivity index (χ0v) is 15.6. The minimum Gasteiger partial charge on any atom is -0.497 e. The van der Waals surface area contributed by atoms with Crippen LogP contribution in [-0.4, -0.2) is 18.9 Å². The van der Waals surface area contributed by atoms with Gasteiger partial charge in [0, 0.05) is 11.4 Å². The van der Waals surface area contributed by atoms with Gasteiger partial charge in [-0.3, -0.25) is 9.59 Å². The highest BCUT2D eigenvalue weighted by Gasteiger charge is 2.07. The molecule has 0 bridgehead atoms. The van der Waals surface area contributed by atoms with Gasteiger partial charge in [-0.25, -0.2) is 0 Å². The van der Waals surface area contributed by atoms with Crippen molar-refractivity contribution >= 4 is 23.2 Å². The molecule has 0 aliphatic rings. The van der Waals surface area contributed by atoms with Gasteiger partial charge in [0.1, 0.15) is 5.75 Å². The summed E-state index contributed by atoms with van der Waals surface area (Å²) in [5.74, 6) is 0.522. The highest BCUT2D eigenvalue weighted by Crippen LogP contribution is 2.17. The van der Waals surface area contributed by atoms with Crippen molar-refractivity contribution in [1.29, 1.82) is 0 Å². The van der Waals surface area contributed by atoms with E-state index in [2.05, 4.69) is 10.6 Å². The van der Waals surface area contributed by atoms with Crippen LogP contribution in [0.1, 0.15) is 11.1 Å². The van der Waals surface area contributed by atoms with E-state index in [0.717, 1.165) is 16.9 Å². The quantitative estimate of drug-likeness (QED) is 0.655. The minimum atomic E-state index is -0.127. The number of ether oxygens (including phenoxy) is 1. The number of nitrogens with one attached hydrogen (secondary N) is 2. The molecule has 2 amide bonds. The predicted molar refractivity (Wildman–Crippen MR) is 111 cm³/mol. The lowest BCUT2D eigenvalue weighted by atomic mass is 10.1. The number of anilines is 2. The van der Waals surface area contributed by atoms with Crippen molar-refractivity contribution in [2.24, 2.45) is 0 Å². The second kappa shape index (κ2) is 9.37. The molecule has 0 fully saturated rings. The molecule has 3 aromatic carbocycles. The number of carbonyl (C=O) groups excluding carboxylic acids is 2. The van der Waals surface area contributed by atoms with Gasteiger partial charge in [-0.15, -0.1) is 0 Å². The summed E-state index contributed by atoms with van der Waals surface area (Å²) in [7, 11) is 1.60. The molecule has 2 N–H and O–H groups in total. The number of hydrogen-bond donors (Lipinski definition) is 2. The number of benzene rings is 3. The summed E-state index contributed by atoms with van der Waals surface area (Å²) in [4.78, 5) is 24.5. The summed E-state index contributed by atoms with van der Waals surface area (Å²) in [5.41, 5.74) is 3.12. The van der Waals surface area contributed by atoms with Crippen LogP contribution >= 0.6 is 0 Å². The largest absolute Gasteiger partial charge is 0.497 e. The van der Waals surface area contributed by atoms with Gasteiger partial charge in [0.2, 0.25) is 11.8 Å². The van der Waals surface area contributed by atoms with E-state index in [1.165, 1.54) is 0 Å². The first kappa shape index (κ1) is 19.2. The van der Waals surface area contributed by atoms with Crippen LogP contribution in [0.4, 0.5) is 11.4 Å². The number of hydrogen-bond acceptors (Lipinski definition) is 3. The summed E-state index contributed by atoms with van der Waals surface area (Å²) in [6.07, 6.45) is 0.559. The van der Waals surface area contributed by atoms with Crippen molar-refractivity contribution in [3.05, 3.63) is 90.0 Å². The molecule has 0 radical (unpaired) electrons. The van der Waals surface area contributed by atoms with Crippen molar-refractivity contribution in [3.8, 4) is 5.75 Å². The summed E-state index contributed by atoms with van der Waals surface area (Å²) in [5, 5.41) is 5.72. The lowest BCUT2D eigenvalue weighted by Crippen LogP contribution is -2.16. The third kappa shape index (κ3) is 5.71. The van der Waals surface area contributed by atoms with E-state index in [0.29, 0.717) is 17.8 Å². The average molecular weight is 374 g/mol. The third-order valence-electron chi connectivity index (χ3n) is 4.16. The van der Waals surface area contributed by atoms with E-state index in [9.17, 15) is 9.59 Å². The van der Waals surface area contributed by atoms with Crippen molar-refractivity contribution < 1.29 is 14.3 Å². The predicted octanol–water partition coefficient (Wildman–Crippen LogP) is 4.06. The number of methoxy groups -OCH3 is 1. The molecule has 0 spiro atoms. The number of rotatable bonds is 7. The first-order valence-electron chi connectivity index (χ1n) is 8.99. The summed E-state index contributed by atoms with van der Waals surface area (Å²) < 4.78 is 5.12. The fraction of sp³-hybridized carbons (Fsp3) is 0.130. The molecule has 142 valence electrons. The SMILES string of the molecule is COc1ccc(CC(=O)Nc2cccc(NC(=O)Cc3ccccc3)c2)cc1. The first-order chi connectivity index (χ1) is 13.6. The highest BCUT2D eigenvalue weighted by atomic mass is 16.5. The Bertz CT molecular complexity index is 938. The van der Waals surface area contributed by atoms with Crippen LogP contribution < -0.4 is 15.4 Å². The third-order valence-corrected chi connectivity index (χ3v) is 4.16. The maximum Gasteiger partial charge on any atom is 0.228 e. The van der Waals surface area contributed by atoms with Gasteiger partial charge in [-0.05, 0) is 41.5 Å². The second-order valence-corrected chi connectivity index (χ2v) is 6.36. The zero-order chi connectivity index (χ0) is 19.8. The molecule has 0 aliphatic carbocycles. The average Bonchev–Trinajstić information content (AvgIpc) is 2.69. The monoisotopic (exact) mass is 374 g/mol. The molecule has 0 saturated carbocycles. The maximum atomic E-state index is 12.3. The maximum absolute atomic E-state index is 12.3. The summed E-state index contributed by atoms with van der Waals surface area (Å²) >= 11 is 0. The molecular formula is C23H22N2O3. The van der Waals surface area contributed by atoms with Crippen LogP contribution in [0.5, 0.6) is 5.75 Å². The van der Waals surface area contributed by atoms with Crippen molar-refractivity contribution in [1.82, 2.24) is 0 Å². The molecule has 0 aliphatic heterocycles. The van der Waals surface area contributed by atoms with E-state index >= 15 is 0 Å². The molecule has 0 heterocycles. The molecule has 28 heavy (non-hydrogen) atoms. The summed E-state index contributed by atoms with van der Waals surface area (Å²) in [6.45, 7) is 0. The Morgan fingerprint density at radius 1 is 0.714 bits per heavy atom. The molecule has 3 aromatic rings. The van der Waals surface area contributed by atoms with Gasteiger partial charge < -0.3 is 15.4 Å². The Morgan fingerprint density at radius 3 is 1.79 bits per heavy atom. The summed E-state index contributed by atoms with van der Waals surface area (Å²) in [6, 6.07) is 24.0. The van der Waals surface area contributed by atoms with Gasteiger partial charge in [0.25, 0.3) is 0 Å². The van der Waals surface area contributed by atoms with Gasteiger partial charge >= 0.3 is 0 Å². The molecule has 0 atom stereocenters. The van der Waals surface area contributed by atoms with Gasteiger partial charge in [0.05, 0.1) is 20.0 Å². The Balaban J connectivity index is 1.56. The standard InChI is InChI=1S/C23H22N2O3/c1-28-21-12-10-18(11-13-21)15-23(27)25-20-9-5-8-19(16-20)24-22(26)14-17-6-3-2-4-7-17/h2-13,16H,14-15H2,1H3,(H,24,26)(H,25,27). The van der Waals surface area contributed by atoms with Crippen LogP contribution in [0.3, 0.4) is 0 Å². The van der Waals surface area contributed by atoms with Crippen LogP contribution in [0, 0.1) is 0 Å². The molecule has 3 rings (SSSR count). The minimum absolute atomic E-state index is 0.104. The molecule has 5 nitrogen and oxygen atoms in total. The molecule has 0 aromatic heterocycles. The Labute approximate surface area is 164 Å². The molecule has 0 unspecified atom stereocenters. The van der Waals surface area contributed by atoms with Crippen molar-refractivity contribution in [3.63, 3.8) is 0 Å². The molecule has 0 saturated heterocycles. The number of carbonyl (C=O) groups is 2. The smallest absolute Gasteiger partial charge is 0.228 e. The van der Waals surface area contributed by atoms with E-state index in [1.807, 2.05) is 54.6 Å². The zero-order valence-electron chi connectivity index (χ0n) is 15.6. The van der Waals surface area contributed by atoms with E-state index in [1.54, 1.807) is 31.4 Å². The van der Waals surface area contributed by atoms with Crippen molar-refractivity contribution in [2.75, 3.05) is 17.7 Å². The normalized spacial score (nSPS) is 10.2. The second-order valence-electron chi connectivity index (χ2n) is 6.36. The fourth-order valence-corrected chi connectivity index (χ4v) is 2.80. The molecule has 5 heteroatoms.